The van der Waals surface area contributed by atoms with Crippen molar-refractivity contribution in [1.29, 1.82) is 0 Å². The van der Waals surface area contributed by atoms with Crippen molar-refractivity contribution in [3.05, 3.63) is 23.3 Å². The summed E-state index contributed by atoms with van der Waals surface area (Å²) in [4.78, 5) is 0. The normalized spacial score (nSPS) is 22.1. The second-order valence-electron chi connectivity index (χ2n) is 8.69. The number of hydrogen-bond acceptors (Lipinski definition) is 1. The minimum atomic E-state index is -1.12. The molecule has 1 saturated carbocycles. The molecule has 20 heavy (non-hydrogen) atoms. The first-order chi connectivity index (χ1) is 9.12. The number of aliphatic hydroxyl groups is 1. The molecule has 0 radical (unpaired) electrons. The number of rotatable bonds is 4. The molecular formula is C18H34OSi. The molecule has 0 atom stereocenters. The van der Waals surface area contributed by atoms with E-state index in [1.165, 1.54) is 31.3 Å². The summed E-state index contributed by atoms with van der Waals surface area (Å²) in [6.45, 7) is 14.4. The molecule has 0 aromatic heterocycles. The highest BCUT2D eigenvalue weighted by atomic mass is 28.3. The van der Waals surface area contributed by atoms with Crippen LogP contribution in [-0.2, 0) is 0 Å². The Morgan fingerprint density at radius 2 is 1.75 bits per heavy atom. The van der Waals surface area contributed by atoms with Gasteiger partial charge in [0.2, 0.25) is 0 Å². The maximum absolute atomic E-state index is 9.49. The largest absolute Gasteiger partial charge is 0.392 e. The topological polar surface area (TPSA) is 20.2 Å². The van der Waals surface area contributed by atoms with Crippen molar-refractivity contribution in [3.63, 3.8) is 0 Å². The first-order valence-corrected chi connectivity index (χ1v) is 11.8. The summed E-state index contributed by atoms with van der Waals surface area (Å²) in [6.07, 6.45) is 9.63. The van der Waals surface area contributed by atoms with Gasteiger partial charge in [-0.15, -0.1) is 0 Å². The molecule has 0 bridgehead atoms. The van der Waals surface area contributed by atoms with Gasteiger partial charge in [-0.05, 0) is 48.6 Å². The second kappa shape index (κ2) is 7.08. The molecule has 0 aromatic rings. The average Bonchev–Trinajstić information content (AvgIpc) is 2.32. The van der Waals surface area contributed by atoms with E-state index in [1.54, 1.807) is 5.57 Å². The van der Waals surface area contributed by atoms with Crippen LogP contribution in [0.4, 0.5) is 0 Å². The first-order valence-electron chi connectivity index (χ1n) is 8.10. The molecule has 2 heteroatoms. The molecule has 1 nitrogen and oxygen atoms in total. The first kappa shape index (κ1) is 17.7. The van der Waals surface area contributed by atoms with Gasteiger partial charge in [-0.3, -0.25) is 0 Å². The molecule has 0 aliphatic heterocycles. The van der Waals surface area contributed by atoms with Gasteiger partial charge < -0.3 is 5.11 Å². The van der Waals surface area contributed by atoms with Gasteiger partial charge in [-0.2, -0.15) is 0 Å². The highest BCUT2D eigenvalue weighted by molar-refractivity contribution is 6.76. The smallest absolute Gasteiger partial charge is 0.0642 e. The van der Waals surface area contributed by atoms with E-state index < -0.39 is 8.07 Å². The van der Waals surface area contributed by atoms with E-state index in [0.29, 0.717) is 5.41 Å². The Labute approximate surface area is 127 Å². The highest BCUT2D eigenvalue weighted by Crippen LogP contribution is 2.39. The molecule has 1 rings (SSSR count). The zero-order valence-corrected chi connectivity index (χ0v) is 15.4. The van der Waals surface area contributed by atoms with Crippen LogP contribution in [0.15, 0.2) is 23.3 Å². The molecule has 0 saturated heterocycles. The third-order valence-electron chi connectivity index (χ3n) is 4.37. The Bertz CT molecular complexity index is 356. The summed E-state index contributed by atoms with van der Waals surface area (Å²) < 4.78 is 0. The van der Waals surface area contributed by atoms with Crippen LogP contribution in [0, 0.1) is 11.3 Å². The van der Waals surface area contributed by atoms with Crippen LogP contribution < -0.4 is 0 Å². The molecule has 0 unspecified atom stereocenters. The Morgan fingerprint density at radius 1 is 1.20 bits per heavy atom. The van der Waals surface area contributed by atoms with Crippen LogP contribution in [0.1, 0.15) is 46.5 Å². The third-order valence-corrected chi connectivity index (χ3v) is 5.88. The number of allylic oxidation sites excluding steroid dienone is 3. The van der Waals surface area contributed by atoms with Crippen molar-refractivity contribution in [2.75, 3.05) is 6.61 Å². The minimum Gasteiger partial charge on any atom is -0.392 e. The molecule has 1 fully saturated rings. The van der Waals surface area contributed by atoms with E-state index >= 15 is 0 Å². The Morgan fingerprint density at radius 3 is 2.15 bits per heavy atom. The maximum atomic E-state index is 9.49. The minimum absolute atomic E-state index is 0.221. The Kier molecular flexibility index (Phi) is 6.27. The van der Waals surface area contributed by atoms with Crippen LogP contribution in [0.25, 0.3) is 0 Å². The fourth-order valence-electron chi connectivity index (χ4n) is 3.11. The van der Waals surface area contributed by atoms with Crippen LogP contribution in [0.3, 0.4) is 0 Å². The van der Waals surface area contributed by atoms with Crippen LogP contribution >= 0.6 is 0 Å². The molecular weight excluding hydrogens is 260 g/mol. The fourth-order valence-corrected chi connectivity index (χ4v) is 4.70. The maximum Gasteiger partial charge on any atom is 0.0642 e. The zero-order chi connectivity index (χ0) is 15.4. The van der Waals surface area contributed by atoms with E-state index in [-0.39, 0.29) is 6.61 Å². The summed E-state index contributed by atoms with van der Waals surface area (Å²) in [6, 6.07) is 1.11. The van der Waals surface area contributed by atoms with E-state index in [9.17, 15) is 5.11 Å². The van der Waals surface area contributed by atoms with Gasteiger partial charge in [0.15, 0.2) is 0 Å². The van der Waals surface area contributed by atoms with Crippen molar-refractivity contribution < 1.29 is 5.11 Å². The Balaban J connectivity index is 2.59. The lowest BCUT2D eigenvalue weighted by Crippen LogP contribution is -2.23. The lowest BCUT2D eigenvalue weighted by Gasteiger charge is -2.34. The molecule has 0 amide bonds. The predicted octanol–water partition coefficient (Wildman–Crippen LogP) is 5.41. The van der Waals surface area contributed by atoms with Crippen molar-refractivity contribution in [1.82, 2.24) is 0 Å². The summed E-state index contributed by atoms with van der Waals surface area (Å²) in [5.74, 6) is 0.864. The van der Waals surface area contributed by atoms with Crippen LogP contribution in [0.5, 0.6) is 0 Å². The predicted molar refractivity (Wildman–Crippen MR) is 92.8 cm³/mol. The van der Waals surface area contributed by atoms with Crippen molar-refractivity contribution >= 4 is 8.07 Å². The van der Waals surface area contributed by atoms with Crippen LogP contribution in [-0.4, -0.2) is 19.8 Å². The van der Waals surface area contributed by atoms with Crippen molar-refractivity contribution in [2.45, 2.75) is 72.1 Å². The zero-order valence-electron chi connectivity index (χ0n) is 14.4. The molecule has 1 N–H and O–H groups in total. The fraction of sp³-hybridized carbons (Fsp3) is 0.778. The van der Waals surface area contributed by atoms with Gasteiger partial charge in [0.25, 0.3) is 0 Å². The van der Waals surface area contributed by atoms with Gasteiger partial charge in [-0.25, -0.2) is 0 Å². The SMILES string of the molecule is CC(C)(C)C1CCC(=C/C=C(\CO)C[Si](C)(C)C)CC1. The summed E-state index contributed by atoms with van der Waals surface area (Å²) in [5.41, 5.74) is 3.25. The molecule has 0 aromatic carbocycles. The number of hydrogen-bond donors (Lipinski definition) is 1. The van der Waals surface area contributed by atoms with Gasteiger partial charge >= 0.3 is 0 Å². The molecule has 1 aliphatic rings. The molecule has 1 aliphatic carbocycles. The summed E-state index contributed by atoms with van der Waals surface area (Å²) >= 11 is 0. The molecule has 116 valence electrons. The van der Waals surface area contributed by atoms with Gasteiger partial charge in [0, 0.05) is 8.07 Å². The van der Waals surface area contributed by atoms with Gasteiger partial charge in [0.05, 0.1) is 6.61 Å². The van der Waals surface area contributed by atoms with E-state index in [0.717, 1.165) is 12.0 Å². The Hall–Kier alpha value is -0.343. The summed E-state index contributed by atoms with van der Waals surface area (Å²) in [7, 11) is -1.12. The highest BCUT2D eigenvalue weighted by Gasteiger charge is 2.27. The summed E-state index contributed by atoms with van der Waals surface area (Å²) in [5, 5.41) is 9.49. The lowest BCUT2D eigenvalue weighted by molar-refractivity contribution is 0.197. The van der Waals surface area contributed by atoms with Crippen molar-refractivity contribution in [2.24, 2.45) is 11.3 Å². The number of aliphatic hydroxyl groups excluding tert-OH is 1. The standard InChI is InChI=1S/C18H34OSi/c1-18(2,3)17-11-9-15(10-12-17)7-8-16(13-19)14-20(4,5)6/h7-8,17,19H,9-14H2,1-6H3/b15-7?,16-8+. The van der Waals surface area contributed by atoms with Gasteiger partial charge in [-0.1, -0.05) is 58.1 Å². The van der Waals surface area contributed by atoms with E-state index in [2.05, 4.69) is 52.6 Å². The van der Waals surface area contributed by atoms with Gasteiger partial charge in [0.1, 0.15) is 0 Å². The van der Waals surface area contributed by atoms with E-state index in [1.807, 2.05) is 0 Å². The monoisotopic (exact) mass is 294 g/mol. The van der Waals surface area contributed by atoms with Crippen LogP contribution in [0.2, 0.25) is 25.7 Å². The van der Waals surface area contributed by atoms with Crippen molar-refractivity contribution in [3.8, 4) is 0 Å². The average molecular weight is 295 g/mol. The van der Waals surface area contributed by atoms with E-state index in [4.69, 9.17) is 0 Å². The third kappa shape index (κ3) is 6.40. The quantitative estimate of drug-likeness (QED) is 0.688. The lowest BCUT2D eigenvalue weighted by atomic mass is 9.71. The molecule has 0 spiro atoms. The molecule has 0 heterocycles. The second-order valence-corrected chi connectivity index (χ2v) is 14.2.